The van der Waals surface area contributed by atoms with E-state index in [4.69, 9.17) is 18.9 Å². The van der Waals surface area contributed by atoms with Crippen molar-refractivity contribution in [2.24, 2.45) is 0 Å². The first-order valence-electron chi connectivity index (χ1n) is 14.1. The summed E-state index contributed by atoms with van der Waals surface area (Å²) in [6, 6.07) is 19.6. The Hall–Kier alpha value is -4.13. The van der Waals surface area contributed by atoms with Crippen molar-refractivity contribution >= 4 is 17.9 Å². The van der Waals surface area contributed by atoms with Gasteiger partial charge in [0.05, 0.1) is 12.2 Å². The first-order chi connectivity index (χ1) is 19.5. The van der Waals surface area contributed by atoms with Crippen LogP contribution in [0.1, 0.15) is 81.1 Å². The predicted octanol–water partition coefficient (Wildman–Crippen LogP) is 7.50. The Morgan fingerprint density at radius 2 is 1.00 bits per heavy atom. The van der Waals surface area contributed by atoms with Crippen molar-refractivity contribution in [3.63, 3.8) is 0 Å². The summed E-state index contributed by atoms with van der Waals surface area (Å²) < 4.78 is 21.3. The molecule has 0 saturated carbocycles. The van der Waals surface area contributed by atoms with E-state index in [1.165, 1.54) is 49.9 Å². The third kappa shape index (κ3) is 10.6. The molecule has 0 saturated heterocycles. The molecule has 7 nitrogen and oxygen atoms in total. The lowest BCUT2D eigenvalue weighted by molar-refractivity contribution is -0.156. The van der Waals surface area contributed by atoms with Gasteiger partial charge in [-0.05, 0) is 85.5 Å². The second-order valence-electron chi connectivity index (χ2n) is 9.53. The molecule has 0 radical (unpaired) electrons. The molecule has 0 atom stereocenters. The molecule has 0 unspecified atom stereocenters. The van der Waals surface area contributed by atoms with Crippen LogP contribution in [0.2, 0.25) is 0 Å². The normalized spacial score (nSPS) is 10.6. The number of benzene rings is 3. The van der Waals surface area contributed by atoms with Crippen LogP contribution in [0, 0.1) is 0 Å². The first-order valence-corrected chi connectivity index (χ1v) is 14.1. The molecular weight excluding hydrogens is 508 g/mol. The molecule has 0 aliphatic heterocycles. The molecule has 3 aromatic carbocycles. The van der Waals surface area contributed by atoms with Gasteiger partial charge in [-0.15, -0.1) is 0 Å². The molecule has 0 aliphatic carbocycles. The molecule has 212 valence electrons. The van der Waals surface area contributed by atoms with E-state index in [1.54, 1.807) is 36.4 Å². The van der Waals surface area contributed by atoms with E-state index in [9.17, 15) is 14.4 Å². The summed E-state index contributed by atoms with van der Waals surface area (Å²) in [6.45, 7) is 4.97. The summed E-state index contributed by atoms with van der Waals surface area (Å²) >= 11 is 0. The Morgan fingerprint density at radius 1 is 0.525 bits per heavy atom. The highest BCUT2D eigenvalue weighted by Gasteiger charge is 2.19. The zero-order chi connectivity index (χ0) is 28.6. The van der Waals surface area contributed by atoms with Crippen LogP contribution in [-0.2, 0) is 16.0 Å². The molecule has 7 heteroatoms. The van der Waals surface area contributed by atoms with Crippen molar-refractivity contribution in [1.29, 1.82) is 0 Å². The van der Waals surface area contributed by atoms with Crippen LogP contribution >= 0.6 is 0 Å². The van der Waals surface area contributed by atoms with Gasteiger partial charge in [-0.1, -0.05) is 64.5 Å². The first kappa shape index (κ1) is 30.4. The smallest absolute Gasteiger partial charge is 0.423 e. The Labute approximate surface area is 236 Å². The number of aryl methyl sites for hydroxylation is 1. The lowest BCUT2D eigenvalue weighted by Crippen LogP contribution is -2.25. The van der Waals surface area contributed by atoms with Gasteiger partial charge in [0.25, 0.3) is 0 Å². The van der Waals surface area contributed by atoms with Crippen LogP contribution < -0.4 is 18.9 Å². The van der Waals surface area contributed by atoms with Crippen LogP contribution in [0.5, 0.6) is 23.0 Å². The van der Waals surface area contributed by atoms with Crippen LogP contribution in [0.4, 0.5) is 0 Å². The van der Waals surface area contributed by atoms with Crippen molar-refractivity contribution in [1.82, 2.24) is 0 Å². The van der Waals surface area contributed by atoms with E-state index in [0.29, 0.717) is 17.9 Å². The lowest BCUT2D eigenvalue weighted by Gasteiger charge is -2.08. The summed E-state index contributed by atoms with van der Waals surface area (Å²) in [7, 11) is 0. The van der Waals surface area contributed by atoms with Gasteiger partial charge in [0, 0.05) is 0 Å². The molecule has 0 aromatic heterocycles. The second-order valence-corrected chi connectivity index (χ2v) is 9.53. The minimum atomic E-state index is -1.15. The maximum absolute atomic E-state index is 12.5. The zero-order valence-electron chi connectivity index (χ0n) is 23.4. The van der Waals surface area contributed by atoms with Gasteiger partial charge in [-0.3, -0.25) is 0 Å². The van der Waals surface area contributed by atoms with Gasteiger partial charge in [0.15, 0.2) is 0 Å². The number of carbonyl (C=O) groups excluding carboxylic acids is 3. The van der Waals surface area contributed by atoms with E-state index < -0.39 is 17.9 Å². The Balaban J connectivity index is 1.41. The van der Waals surface area contributed by atoms with Gasteiger partial charge >= 0.3 is 17.9 Å². The van der Waals surface area contributed by atoms with Crippen molar-refractivity contribution in [3.8, 4) is 23.0 Å². The fourth-order valence-electron chi connectivity index (χ4n) is 3.90. The number of hydrogen-bond donors (Lipinski definition) is 0. The fourth-order valence-corrected chi connectivity index (χ4v) is 3.90. The summed E-state index contributed by atoms with van der Waals surface area (Å²) in [4.78, 5) is 36.8. The topological polar surface area (TPSA) is 88.1 Å². The van der Waals surface area contributed by atoms with Gasteiger partial charge in [-0.25, -0.2) is 14.4 Å². The molecule has 3 aromatic rings. The highest BCUT2D eigenvalue weighted by Crippen LogP contribution is 2.21. The summed E-state index contributed by atoms with van der Waals surface area (Å²) in [6.07, 6.45) is 10.3. The minimum Gasteiger partial charge on any atom is -0.494 e. The molecule has 40 heavy (non-hydrogen) atoms. The van der Waals surface area contributed by atoms with Gasteiger partial charge in [0.2, 0.25) is 0 Å². The van der Waals surface area contributed by atoms with Crippen LogP contribution in [0.15, 0.2) is 72.8 Å². The maximum Gasteiger partial charge on any atom is 0.423 e. The molecule has 0 aliphatic rings. The van der Waals surface area contributed by atoms with Gasteiger partial charge in [0.1, 0.15) is 23.0 Å². The molecule has 0 heterocycles. The summed E-state index contributed by atoms with van der Waals surface area (Å²) in [5, 5.41) is 0. The predicted molar refractivity (Wildman–Crippen MR) is 153 cm³/mol. The van der Waals surface area contributed by atoms with Gasteiger partial charge < -0.3 is 18.9 Å². The van der Waals surface area contributed by atoms with E-state index in [1.807, 2.05) is 12.1 Å². The average Bonchev–Trinajstić information content (AvgIpc) is 2.97. The number of rotatable bonds is 15. The number of esters is 3. The molecule has 0 amide bonds. The average molecular weight is 547 g/mol. The quantitative estimate of drug-likeness (QED) is 0.0844. The Kier molecular flexibility index (Phi) is 12.7. The van der Waals surface area contributed by atoms with Crippen molar-refractivity contribution in [2.75, 3.05) is 6.61 Å². The van der Waals surface area contributed by atoms with Crippen molar-refractivity contribution in [2.45, 2.75) is 71.6 Å². The number of unbranched alkanes of at least 4 members (excludes halogenated alkanes) is 6. The lowest BCUT2D eigenvalue weighted by atomic mass is 10.1. The summed E-state index contributed by atoms with van der Waals surface area (Å²) in [5.41, 5.74) is 1.51. The number of hydrogen-bond acceptors (Lipinski definition) is 7. The SMILES string of the molecule is CCCCCCCCOc1ccc(C(=O)Oc2ccc(OC(=O)C(=O)Oc3ccc(CCCC)cc3)cc2)cc1. The van der Waals surface area contributed by atoms with E-state index >= 15 is 0 Å². The van der Waals surface area contributed by atoms with E-state index in [-0.39, 0.29) is 17.2 Å². The largest absolute Gasteiger partial charge is 0.494 e. The van der Waals surface area contributed by atoms with Crippen molar-refractivity contribution < 1.29 is 33.3 Å². The third-order valence-corrected chi connectivity index (χ3v) is 6.22. The molecular formula is C33H38O7. The van der Waals surface area contributed by atoms with Crippen LogP contribution in [0.25, 0.3) is 0 Å². The second kappa shape index (κ2) is 16.7. The Morgan fingerprint density at radius 3 is 1.57 bits per heavy atom. The van der Waals surface area contributed by atoms with E-state index in [0.717, 1.165) is 37.7 Å². The van der Waals surface area contributed by atoms with Crippen LogP contribution in [0.3, 0.4) is 0 Å². The van der Waals surface area contributed by atoms with Crippen LogP contribution in [-0.4, -0.2) is 24.5 Å². The zero-order valence-corrected chi connectivity index (χ0v) is 23.4. The molecule has 0 N–H and O–H groups in total. The van der Waals surface area contributed by atoms with E-state index in [2.05, 4.69) is 13.8 Å². The van der Waals surface area contributed by atoms with Gasteiger partial charge in [-0.2, -0.15) is 0 Å². The molecule has 0 fully saturated rings. The minimum absolute atomic E-state index is 0.114. The number of ether oxygens (including phenoxy) is 4. The Bertz CT molecular complexity index is 1200. The third-order valence-electron chi connectivity index (χ3n) is 6.22. The molecule has 0 bridgehead atoms. The summed E-state index contributed by atoms with van der Waals surface area (Å²) in [5.74, 6) is -1.46. The van der Waals surface area contributed by atoms with Crippen molar-refractivity contribution in [3.05, 3.63) is 83.9 Å². The number of carbonyl (C=O) groups is 3. The maximum atomic E-state index is 12.5. The monoisotopic (exact) mass is 546 g/mol. The standard InChI is InChI=1S/C33H38O7/c1-3-5-7-8-9-10-24-37-27-18-14-26(15-19-27)31(34)38-29-20-22-30(23-21-29)40-33(36)32(35)39-28-16-12-25(13-17-28)11-6-4-2/h12-23H,3-11,24H2,1-2H3. The highest BCUT2D eigenvalue weighted by atomic mass is 16.6. The fraction of sp³-hybridized carbons (Fsp3) is 0.364. The molecule has 0 spiro atoms. The highest BCUT2D eigenvalue weighted by molar-refractivity contribution is 6.31. The molecule has 3 rings (SSSR count).